The van der Waals surface area contributed by atoms with E-state index in [0.717, 1.165) is 6.42 Å². The zero-order valence-electron chi connectivity index (χ0n) is 42.0. The summed E-state index contributed by atoms with van der Waals surface area (Å²) in [6.45, 7) is 34.3. The number of aryl methyl sites for hydroxylation is 1. The third kappa shape index (κ3) is 5.72. The minimum absolute atomic E-state index is 0.00277. The fourth-order valence-corrected chi connectivity index (χ4v) is 14.4. The monoisotopic (exact) mass is 883 g/mol. The van der Waals surface area contributed by atoms with Gasteiger partial charge in [-0.15, -0.1) is 11.3 Å². The minimum Gasteiger partial charge on any atom is -0.311 e. The first-order valence-electron chi connectivity index (χ1n) is 24.9. The number of benzene rings is 6. The van der Waals surface area contributed by atoms with E-state index in [0.29, 0.717) is 0 Å². The molecule has 5 aliphatic rings. The van der Waals surface area contributed by atoms with Crippen molar-refractivity contribution in [2.45, 2.75) is 155 Å². The Hall–Kier alpha value is -5.06. The Morgan fingerprint density at radius 3 is 1.85 bits per heavy atom. The number of nitrogens with zero attached hydrogens (tertiary/aromatic N) is 2. The molecule has 0 spiro atoms. The molecule has 0 saturated heterocycles. The molecule has 3 aliphatic heterocycles. The molecule has 0 amide bonds. The van der Waals surface area contributed by atoms with E-state index in [9.17, 15) is 0 Å². The van der Waals surface area contributed by atoms with E-state index in [1.165, 1.54) is 124 Å². The van der Waals surface area contributed by atoms with Crippen molar-refractivity contribution in [1.29, 1.82) is 0 Å². The number of hydrogen-bond acceptors (Lipinski definition) is 3. The quantitative estimate of drug-likeness (QED) is 0.160. The molecule has 12 rings (SSSR count). The van der Waals surface area contributed by atoms with Gasteiger partial charge in [-0.05, 0) is 162 Å². The lowest BCUT2D eigenvalue weighted by Gasteiger charge is -2.55. The maximum absolute atomic E-state index is 2.83. The van der Waals surface area contributed by atoms with Crippen LogP contribution in [0.25, 0.3) is 21.2 Å². The Morgan fingerprint density at radius 2 is 1.17 bits per heavy atom. The van der Waals surface area contributed by atoms with Gasteiger partial charge in [-0.2, -0.15) is 0 Å². The Kier molecular flexibility index (Phi) is 8.55. The maximum Gasteiger partial charge on any atom is 0.254 e. The van der Waals surface area contributed by atoms with Crippen LogP contribution in [0, 0.1) is 6.92 Å². The second-order valence-electron chi connectivity index (χ2n) is 25.3. The molecule has 0 saturated carbocycles. The van der Waals surface area contributed by atoms with Crippen molar-refractivity contribution in [1.82, 2.24) is 0 Å². The zero-order valence-corrected chi connectivity index (χ0v) is 42.8. The molecule has 2 aliphatic carbocycles. The van der Waals surface area contributed by atoms with Crippen molar-refractivity contribution in [3.63, 3.8) is 0 Å². The highest BCUT2D eigenvalue weighted by molar-refractivity contribution is 7.26. The van der Waals surface area contributed by atoms with Crippen LogP contribution in [-0.4, -0.2) is 6.71 Å². The van der Waals surface area contributed by atoms with E-state index in [1.54, 1.807) is 11.1 Å². The molecular weight excluding hydrogens is 816 g/mol. The third-order valence-electron chi connectivity index (χ3n) is 17.4. The van der Waals surface area contributed by atoms with Crippen molar-refractivity contribution in [3.05, 3.63) is 148 Å². The molecule has 334 valence electrons. The van der Waals surface area contributed by atoms with Gasteiger partial charge in [0.05, 0.1) is 16.4 Å². The average molecular weight is 883 g/mol. The fourth-order valence-electron chi connectivity index (χ4n) is 13.1. The van der Waals surface area contributed by atoms with Crippen LogP contribution in [-0.2, 0) is 32.5 Å². The Morgan fingerprint density at radius 1 is 0.530 bits per heavy atom. The molecule has 0 fully saturated rings. The van der Waals surface area contributed by atoms with Crippen LogP contribution < -0.4 is 26.2 Å². The molecule has 7 aromatic rings. The number of rotatable bonds is 2. The largest absolute Gasteiger partial charge is 0.311 e. The SMILES string of the molecule is Cc1ccc2sc3c(c2c1)B1c2ccc4c5c2N(c2cc6c(cc2C5(C)CCC4(C)C)C(C)(C)CCC6(C)C)c2cc(C(C)(C)C)cc(c21)N3c1ccc(C(C)(C)C)cc1-c1ccccc1. The van der Waals surface area contributed by atoms with Gasteiger partial charge in [0.2, 0.25) is 0 Å². The topological polar surface area (TPSA) is 6.48 Å². The molecule has 6 aromatic carbocycles. The fraction of sp³-hybridized carbons (Fsp3) is 0.387. The molecule has 1 aromatic heterocycles. The van der Waals surface area contributed by atoms with Gasteiger partial charge in [-0.3, -0.25) is 0 Å². The minimum atomic E-state index is -0.118. The first-order valence-corrected chi connectivity index (χ1v) is 25.7. The average Bonchev–Trinajstić information content (AvgIpc) is 3.63. The number of fused-ring (bicyclic) bond motifs is 10. The van der Waals surface area contributed by atoms with E-state index in [2.05, 4.69) is 210 Å². The second-order valence-corrected chi connectivity index (χ2v) is 26.3. The van der Waals surface area contributed by atoms with Gasteiger partial charge in [-0.25, -0.2) is 0 Å². The molecule has 0 N–H and O–H groups in total. The van der Waals surface area contributed by atoms with Crippen LogP contribution in [0.5, 0.6) is 0 Å². The van der Waals surface area contributed by atoms with Gasteiger partial charge in [-0.1, -0.05) is 162 Å². The summed E-state index contributed by atoms with van der Waals surface area (Å²) >= 11 is 1.98. The van der Waals surface area contributed by atoms with Gasteiger partial charge >= 0.3 is 0 Å². The summed E-state index contributed by atoms with van der Waals surface area (Å²) in [5, 5.41) is 2.74. The van der Waals surface area contributed by atoms with Crippen LogP contribution in [0.3, 0.4) is 0 Å². The Bertz CT molecular complexity index is 3240. The smallest absolute Gasteiger partial charge is 0.254 e. The molecule has 1 atom stereocenters. The van der Waals surface area contributed by atoms with Crippen LogP contribution in [0.2, 0.25) is 0 Å². The van der Waals surface area contributed by atoms with Crippen molar-refractivity contribution in [2.75, 3.05) is 9.80 Å². The van der Waals surface area contributed by atoms with E-state index >= 15 is 0 Å². The normalized spacial score (nSPS) is 20.4. The highest BCUT2D eigenvalue weighted by Gasteiger charge is 2.55. The number of thiophene rings is 1. The molecule has 1 unspecified atom stereocenters. The van der Waals surface area contributed by atoms with Crippen LogP contribution in [0.4, 0.5) is 33.4 Å². The highest BCUT2D eigenvalue weighted by Crippen LogP contribution is 2.63. The van der Waals surface area contributed by atoms with Crippen LogP contribution >= 0.6 is 11.3 Å². The van der Waals surface area contributed by atoms with Crippen LogP contribution in [0.15, 0.2) is 103 Å². The third-order valence-corrected chi connectivity index (χ3v) is 18.6. The predicted molar refractivity (Wildman–Crippen MR) is 287 cm³/mol. The van der Waals surface area contributed by atoms with Gasteiger partial charge in [0, 0.05) is 32.7 Å². The summed E-state index contributed by atoms with van der Waals surface area (Å²) in [6.07, 6.45) is 4.72. The summed E-state index contributed by atoms with van der Waals surface area (Å²) in [5.74, 6) is 0. The van der Waals surface area contributed by atoms with Crippen molar-refractivity contribution < 1.29 is 0 Å². The molecule has 66 heavy (non-hydrogen) atoms. The molecular formula is C62H67BN2S. The van der Waals surface area contributed by atoms with E-state index in [-0.39, 0.29) is 39.2 Å². The molecule has 0 radical (unpaired) electrons. The number of anilines is 6. The van der Waals surface area contributed by atoms with E-state index in [4.69, 9.17) is 0 Å². The second kappa shape index (κ2) is 13.3. The Labute approximate surface area is 399 Å². The van der Waals surface area contributed by atoms with Crippen molar-refractivity contribution in [2.24, 2.45) is 0 Å². The number of hydrogen-bond donors (Lipinski definition) is 0. The predicted octanol–water partition coefficient (Wildman–Crippen LogP) is 15.6. The molecule has 4 heteroatoms. The summed E-state index contributed by atoms with van der Waals surface area (Å²) < 4.78 is 1.36. The zero-order chi connectivity index (χ0) is 46.4. The van der Waals surface area contributed by atoms with Gasteiger partial charge < -0.3 is 9.80 Å². The van der Waals surface area contributed by atoms with Gasteiger partial charge in [0.1, 0.15) is 0 Å². The summed E-state index contributed by atoms with van der Waals surface area (Å²) in [6, 6.07) is 41.6. The summed E-state index contributed by atoms with van der Waals surface area (Å²) in [4.78, 5) is 5.55. The standard InChI is InChI=1S/C62H67BN2S/c1-36-20-25-51-41(30-36)53-56(66-51)65(47-24-21-38(57(2,3)4)31-40(47)37-18-16-15-17-19-37)50-33-39(58(5,6)7)32-49-54(50)63(53)46-23-22-42-52-55(46)64(49)48-35-44-43(60(10,11)26-27-61(44,12)13)34-45(48)62(52,14)29-28-59(42,8)9/h15-25,30-35H,26-29H2,1-14H3. The van der Waals surface area contributed by atoms with Crippen molar-refractivity contribution in [3.8, 4) is 11.1 Å². The lowest BCUT2D eigenvalue weighted by molar-refractivity contribution is 0.327. The van der Waals surface area contributed by atoms with E-state index in [1.807, 2.05) is 11.3 Å². The maximum atomic E-state index is 2.83. The molecule has 2 nitrogen and oxygen atoms in total. The molecule has 0 bridgehead atoms. The Balaban J connectivity index is 1.26. The van der Waals surface area contributed by atoms with E-state index < -0.39 is 0 Å². The van der Waals surface area contributed by atoms with Crippen molar-refractivity contribution >= 4 is 78.0 Å². The first kappa shape index (κ1) is 42.3. The first-order chi connectivity index (χ1) is 31.0. The summed E-state index contributed by atoms with van der Waals surface area (Å²) in [5.41, 5.74) is 25.5. The molecule has 4 heterocycles. The van der Waals surface area contributed by atoms with Gasteiger partial charge in [0.15, 0.2) is 0 Å². The highest BCUT2D eigenvalue weighted by atomic mass is 32.1. The lowest BCUT2D eigenvalue weighted by Crippen LogP contribution is -2.62. The van der Waals surface area contributed by atoms with Crippen LogP contribution in [0.1, 0.15) is 160 Å². The lowest BCUT2D eigenvalue weighted by atomic mass is 9.32. The summed E-state index contributed by atoms with van der Waals surface area (Å²) in [7, 11) is 0. The van der Waals surface area contributed by atoms with Gasteiger partial charge in [0.25, 0.3) is 6.71 Å².